The first-order valence-corrected chi connectivity index (χ1v) is 3.17. The van der Waals surface area contributed by atoms with Gasteiger partial charge >= 0.3 is 0 Å². The average molecular weight is 134 g/mol. The van der Waals surface area contributed by atoms with Crippen LogP contribution in [0.3, 0.4) is 0 Å². The lowest BCUT2D eigenvalue weighted by molar-refractivity contribution is 1.02. The molecular formula is C8H8N2. The number of hydrogen-bond acceptors (Lipinski definition) is 2. The van der Waals surface area contributed by atoms with Crippen LogP contribution in [0.15, 0.2) is 23.5 Å². The number of aromatic nitrogens is 1. The van der Waals surface area contributed by atoms with Gasteiger partial charge in [0.25, 0.3) is 0 Å². The number of fused-ring (bicyclic) bond motifs is 1. The van der Waals surface area contributed by atoms with E-state index in [9.17, 15) is 0 Å². The lowest BCUT2D eigenvalue weighted by Gasteiger charge is -2.06. The molecule has 2 rings (SSSR count). The molecule has 1 aromatic heterocycles. The maximum atomic E-state index is 7.66. The predicted octanol–water partition coefficient (Wildman–Crippen LogP) is 1.73. The number of pyridine rings is 1. The maximum absolute atomic E-state index is 7.66. The molecule has 0 aliphatic carbocycles. The summed E-state index contributed by atoms with van der Waals surface area (Å²) >= 11 is 0. The molecule has 0 aromatic carbocycles. The smallest absolute Gasteiger partial charge is 0.0840 e. The Balaban J connectivity index is 2.60. The third kappa shape index (κ3) is 0.817. The summed E-state index contributed by atoms with van der Waals surface area (Å²) in [7, 11) is 0. The monoisotopic (exact) mass is 134 g/mol. The van der Waals surface area contributed by atoms with Crippen molar-refractivity contribution in [2.75, 3.05) is 0 Å². The Morgan fingerprint density at radius 3 is 3.50 bits per heavy atom. The minimum absolute atomic E-state index is 0.351. The van der Waals surface area contributed by atoms with Crippen molar-refractivity contribution >= 4 is 11.9 Å². The average Bonchev–Trinajstić information content (AvgIpc) is 2.04. The summed E-state index contributed by atoms with van der Waals surface area (Å²) in [4.78, 5) is 7.94. The van der Waals surface area contributed by atoms with Crippen LogP contribution < -0.4 is 0 Å². The van der Waals surface area contributed by atoms with Crippen LogP contribution in [-0.4, -0.2) is 11.2 Å². The van der Waals surface area contributed by atoms with Gasteiger partial charge in [0.2, 0.25) is 0 Å². The summed E-state index contributed by atoms with van der Waals surface area (Å²) in [5, 5.41) is 0. The SMILES string of the molecule is [2H]C1([2H])CC=Nc2cnccc21. The number of aryl methyl sites for hydroxylation is 1. The van der Waals surface area contributed by atoms with Crippen LogP contribution >= 0.6 is 0 Å². The highest BCUT2D eigenvalue weighted by Gasteiger charge is 2.02. The van der Waals surface area contributed by atoms with Gasteiger partial charge in [0, 0.05) is 15.2 Å². The number of hydrogen-bond donors (Lipinski definition) is 0. The fourth-order valence-corrected chi connectivity index (χ4v) is 0.938. The second-order valence-corrected chi connectivity index (χ2v) is 2.09. The molecule has 2 heteroatoms. The van der Waals surface area contributed by atoms with Crippen LogP contribution in [0.5, 0.6) is 0 Å². The van der Waals surface area contributed by atoms with Gasteiger partial charge in [0.05, 0.1) is 11.9 Å². The summed E-state index contributed by atoms with van der Waals surface area (Å²) in [5.74, 6) is 0. The highest BCUT2D eigenvalue weighted by molar-refractivity contribution is 5.67. The molecule has 2 heterocycles. The molecule has 0 fully saturated rings. The molecule has 0 radical (unpaired) electrons. The molecule has 0 spiro atoms. The van der Waals surface area contributed by atoms with Crippen molar-refractivity contribution in [2.24, 2.45) is 4.99 Å². The second kappa shape index (κ2) is 2.21. The quantitative estimate of drug-likeness (QED) is 0.530. The van der Waals surface area contributed by atoms with Crippen LogP contribution in [0.4, 0.5) is 5.69 Å². The molecule has 0 N–H and O–H groups in total. The van der Waals surface area contributed by atoms with Crippen molar-refractivity contribution in [2.45, 2.75) is 12.8 Å². The van der Waals surface area contributed by atoms with Gasteiger partial charge in [0.15, 0.2) is 0 Å². The van der Waals surface area contributed by atoms with Crippen LogP contribution in [0.2, 0.25) is 0 Å². The molecule has 0 bridgehead atoms. The normalized spacial score (nSPS) is 22.8. The Morgan fingerprint density at radius 2 is 2.60 bits per heavy atom. The van der Waals surface area contributed by atoms with Crippen LogP contribution in [-0.2, 0) is 6.37 Å². The van der Waals surface area contributed by atoms with Crippen molar-refractivity contribution in [1.29, 1.82) is 0 Å². The van der Waals surface area contributed by atoms with Crippen LogP contribution in [0.25, 0.3) is 0 Å². The molecule has 1 aromatic rings. The van der Waals surface area contributed by atoms with Gasteiger partial charge in [-0.1, -0.05) is 0 Å². The van der Waals surface area contributed by atoms with E-state index < -0.39 is 6.37 Å². The molecule has 1 aliphatic rings. The second-order valence-electron chi connectivity index (χ2n) is 2.09. The third-order valence-corrected chi connectivity index (χ3v) is 1.41. The van der Waals surface area contributed by atoms with Gasteiger partial charge in [0.1, 0.15) is 0 Å². The summed E-state index contributed by atoms with van der Waals surface area (Å²) in [5.41, 5.74) is 1.29. The summed E-state index contributed by atoms with van der Waals surface area (Å²) in [6.45, 7) is 0. The zero-order chi connectivity index (χ0) is 8.60. The first-order valence-electron chi connectivity index (χ1n) is 4.17. The van der Waals surface area contributed by atoms with Gasteiger partial charge < -0.3 is 0 Å². The predicted molar refractivity (Wildman–Crippen MR) is 40.7 cm³/mol. The maximum Gasteiger partial charge on any atom is 0.0840 e. The molecule has 10 heavy (non-hydrogen) atoms. The standard InChI is InChI=1S/C8H8N2/c1-2-7-3-5-9-6-8(7)10-4-1/h3-6H,1-2H2/i2D2. The first kappa shape index (κ1) is 3.86. The third-order valence-electron chi connectivity index (χ3n) is 1.41. The van der Waals surface area contributed by atoms with Crippen LogP contribution in [0.1, 0.15) is 14.7 Å². The molecule has 0 saturated carbocycles. The van der Waals surface area contributed by atoms with E-state index >= 15 is 0 Å². The molecule has 1 aliphatic heterocycles. The summed E-state index contributed by atoms with van der Waals surface area (Å²) in [6.07, 6.45) is 3.86. The molecule has 0 amide bonds. The Hall–Kier alpha value is -1.18. The lowest BCUT2D eigenvalue weighted by Crippen LogP contribution is -1.92. The summed E-state index contributed by atoms with van der Waals surface area (Å²) in [6, 6.07) is 1.69. The van der Waals surface area contributed by atoms with Gasteiger partial charge in [-0.2, -0.15) is 0 Å². The molecule has 50 valence electrons. The van der Waals surface area contributed by atoms with Gasteiger partial charge in [-0.3, -0.25) is 9.98 Å². The largest absolute Gasteiger partial charge is 0.262 e. The van der Waals surface area contributed by atoms with Crippen molar-refractivity contribution in [3.05, 3.63) is 24.0 Å². The van der Waals surface area contributed by atoms with Gasteiger partial charge in [-0.25, -0.2) is 0 Å². The Morgan fingerprint density at radius 1 is 1.60 bits per heavy atom. The van der Waals surface area contributed by atoms with Crippen molar-refractivity contribution in [3.8, 4) is 0 Å². The minimum atomic E-state index is -1.28. The Kier molecular flexibility index (Phi) is 0.854. The van der Waals surface area contributed by atoms with Crippen molar-refractivity contribution < 1.29 is 2.74 Å². The van der Waals surface area contributed by atoms with Crippen molar-refractivity contribution in [1.82, 2.24) is 4.98 Å². The highest BCUT2D eigenvalue weighted by Crippen LogP contribution is 2.21. The lowest BCUT2D eigenvalue weighted by atomic mass is 10.1. The molecule has 0 atom stereocenters. The van der Waals surface area contributed by atoms with Crippen LogP contribution in [0, 0.1) is 0 Å². The van der Waals surface area contributed by atoms with E-state index in [-0.39, 0.29) is 0 Å². The van der Waals surface area contributed by atoms with E-state index in [2.05, 4.69) is 9.98 Å². The molecule has 0 saturated heterocycles. The fraction of sp³-hybridized carbons (Fsp3) is 0.250. The topological polar surface area (TPSA) is 25.2 Å². The minimum Gasteiger partial charge on any atom is -0.262 e. The van der Waals surface area contributed by atoms with E-state index in [1.54, 1.807) is 24.7 Å². The first-order chi connectivity index (χ1) is 5.70. The Labute approximate surface area is 62.4 Å². The van der Waals surface area contributed by atoms with Gasteiger partial charge in [-0.15, -0.1) is 0 Å². The fourth-order valence-electron chi connectivity index (χ4n) is 0.938. The number of aliphatic imine (C=N–C) groups is 1. The zero-order valence-electron chi connectivity index (χ0n) is 7.41. The van der Waals surface area contributed by atoms with E-state index in [1.807, 2.05) is 0 Å². The van der Waals surface area contributed by atoms with E-state index in [0.29, 0.717) is 17.7 Å². The molecular weight excluding hydrogens is 124 g/mol. The highest BCUT2D eigenvalue weighted by atomic mass is 14.8. The van der Waals surface area contributed by atoms with Crippen molar-refractivity contribution in [3.63, 3.8) is 0 Å². The number of nitrogens with zero attached hydrogens (tertiary/aromatic N) is 2. The van der Waals surface area contributed by atoms with E-state index in [1.165, 1.54) is 0 Å². The molecule has 0 unspecified atom stereocenters. The molecule has 2 nitrogen and oxygen atoms in total. The number of rotatable bonds is 0. The van der Waals surface area contributed by atoms with E-state index in [0.717, 1.165) is 0 Å². The zero-order valence-corrected chi connectivity index (χ0v) is 5.41. The van der Waals surface area contributed by atoms with E-state index in [4.69, 9.17) is 2.74 Å². The Bertz CT molecular complexity index is 334. The van der Waals surface area contributed by atoms with Gasteiger partial charge in [-0.05, 0) is 24.4 Å². The summed E-state index contributed by atoms with van der Waals surface area (Å²) < 4.78 is 15.3.